The number of ether oxygens (including phenoxy) is 6. The summed E-state index contributed by atoms with van der Waals surface area (Å²) in [5.41, 5.74) is -3.94. The first-order valence-corrected chi connectivity index (χ1v) is 17.1. The normalized spacial score (nSPS) is 13.4. The Kier molecular flexibility index (Phi) is 17.5. The SMILES string of the molecule is C=CC(=O)OC(C)(C)CCOC(C)(C)CC(CC)(CC(C)(C)OCCC(C)(C)OC(=O)C=C)CC(C)(C)OCCC(C)(C)OC(=O)C=C. The molecule has 278 valence electrons. The molecule has 48 heavy (non-hydrogen) atoms. The van der Waals surface area contributed by atoms with E-state index in [0.717, 1.165) is 6.42 Å². The van der Waals surface area contributed by atoms with E-state index in [0.29, 0.717) is 58.3 Å². The van der Waals surface area contributed by atoms with Crippen LogP contribution in [0, 0.1) is 5.41 Å². The molecule has 0 saturated heterocycles. The maximum absolute atomic E-state index is 11.8. The van der Waals surface area contributed by atoms with Gasteiger partial charge in [0.1, 0.15) is 16.8 Å². The molecule has 0 N–H and O–H groups in total. The number of rotatable bonds is 25. The summed E-state index contributed by atoms with van der Waals surface area (Å²) in [5, 5.41) is 0. The Morgan fingerprint density at radius 3 is 0.875 bits per heavy atom. The third-order valence-corrected chi connectivity index (χ3v) is 8.37. The zero-order valence-corrected chi connectivity index (χ0v) is 32.6. The lowest BCUT2D eigenvalue weighted by Crippen LogP contribution is -2.45. The summed E-state index contributed by atoms with van der Waals surface area (Å²) >= 11 is 0. The van der Waals surface area contributed by atoms with Gasteiger partial charge in [-0.15, -0.1) is 0 Å². The second-order valence-corrected chi connectivity index (χ2v) is 16.6. The number of hydrogen-bond acceptors (Lipinski definition) is 9. The molecule has 0 fully saturated rings. The maximum atomic E-state index is 11.8. The number of hydrogen-bond donors (Lipinski definition) is 0. The van der Waals surface area contributed by atoms with Gasteiger partial charge in [0.05, 0.1) is 36.6 Å². The molecule has 0 bridgehead atoms. The first-order chi connectivity index (χ1) is 21.7. The summed E-state index contributed by atoms with van der Waals surface area (Å²) in [7, 11) is 0. The first kappa shape index (κ1) is 45.5. The fraction of sp³-hybridized carbons (Fsp3) is 0.769. The Balaban J connectivity index is 6.04. The highest BCUT2D eigenvalue weighted by molar-refractivity contribution is 5.82. The smallest absolute Gasteiger partial charge is 0.330 e. The van der Waals surface area contributed by atoms with Gasteiger partial charge in [0.15, 0.2) is 0 Å². The van der Waals surface area contributed by atoms with Crippen molar-refractivity contribution in [2.24, 2.45) is 5.41 Å². The maximum Gasteiger partial charge on any atom is 0.330 e. The van der Waals surface area contributed by atoms with E-state index in [1.165, 1.54) is 18.2 Å². The molecule has 9 nitrogen and oxygen atoms in total. The van der Waals surface area contributed by atoms with Gasteiger partial charge in [0.25, 0.3) is 0 Å². The van der Waals surface area contributed by atoms with Crippen LogP contribution in [0.5, 0.6) is 0 Å². The minimum atomic E-state index is -0.698. The highest BCUT2D eigenvalue weighted by Crippen LogP contribution is 2.48. The number of esters is 3. The molecule has 0 heterocycles. The van der Waals surface area contributed by atoms with E-state index < -0.39 is 51.5 Å². The lowest BCUT2D eigenvalue weighted by molar-refractivity contribution is -0.154. The third-order valence-electron chi connectivity index (χ3n) is 8.37. The van der Waals surface area contributed by atoms with Gasteiger partial charge in [-0.3, -0.25) is 0 Å². The highest BCUT2D eigenvalue weighted by atomic mass is 16.6. The lowest BCUT2D eigenvalue weighted by Gasteiger charge is -2.47. The second-order valence-electron chi connectivity index (χ2n) is 16.6. The molecular formula is C39H68O9. The van der Waals surface area contributed by atoms with Crippen molar-refractivity contribution in [2.75, 3.05) is 19.8 Å². The number of carbonyl (C=O) groups excluding carboxylic acids is 3. The van der Waals surface area contributed by atoms with Crippen molar-refractivity contribution in [1.82, 2.24) is 0 Å². The molecule has 0 atom stereocenters. The van der Waals surface area contributed by atoms with E-state index >= 15 is 0 Å². The minimum Gasteiger partial charge on any atom is -0.456 e. The van der Waals surface area contributed by atoms with Gasteiger partial charge < -0.3 is 28.4 Å². The van der Waals surface area contributed by atoms with E-state index in [4.69, 9.17) is 28.4 Å². The van der Waals surface area contributed by atoms with Crippen molar-refractivity contribution in [3.8, 4) is 0 Å². The van der Waals surface area contributed by atoms with Crippen LogP contribution in [0.1, 0.15) is 135 Å². The Hall–Kier alpha value is -2.49. The molecule has 0 aliphatic rings. The molecule has 0 aromatic rings. The summed E-state index contributed by atoms with van der Waals surface area (Å²) in [6.45, 7) is 37.6. The topological polar surface area (TPSA) is 107 Å². The van der Waals surface area contributed by atoms with Crippen molar-refractivity contribution in [3.63, 3.8) is 0 Å². The highest BCUT2D eigenvalue weighted by Gasteiger charge is 2.44. The van der Waals surface area contributed by atoms with Crippen LogP contribution in [0.4, 0.5) is 0 Å². The van der Waals surface area contributed by atoms with Crippen molar-refractivity contribution >= 4 is 17.9 Å². The molecule has 0 unspecified atom stereocenters. The zero-order chi connectivity index (χ0) is 37.7. The standard InChI is InChI=1S/C39H68O9/c1-17-30(40)46-33(5,6)21-24-43-36(11,12)27-39(20-4,28-37(13,14)44-25-22-34(7,8)47-31(41)18-2)29-38(15,16)45-26-23-35(9,10)48-32(42)19-3/h17-19H,1-3,20-29H2,4-16H3. The molecule has 0 spiro atoms. The minimum absolute atomic E-state index is 0.267. The van der Waals surface area contributed by atoms with Gasteiger partial charge in [-0.2, -0.15) is 0 Å². The lowest BCUT2D eigenvalue weighted by atomic mass is 9.65. The number of carbonyl (C=O) groups is 3. The van der Waals surface area contributed by atoms with E-state index in [1.807, 2.05) is 41.5 Å². The van der Waals surface area contributed by atoms with Crippen LogP contribution >= 0.6 is 0 Å². The van der Waals surface area contributed by atoms with Gasteiger partial charge >= 0.3 is 17.9 Å². The predicted octanol–water partition coefficient (Wildman–Crippen LogP) is 8.63. The summed E-state index contributed by atoms with van der Waals surface area (Å²) in [6.07, 6.45) is 8.06. The molecular weight excluding hydrogens is 612 g/mol. The Bertz CT molecular complexity index is 948. The largest absolute Gasteiger partial charge is 0.456 e. The van der Waals surface area contributed by atoms with Crippen LogP contribution in [0.3, 0.4) is 0 Å². The molecule has 0 aliphatic carbocycles. The zero-order valence-electron chi connectivity index (χ0n) is 32.6. The van der Waals surface area contributed by atoms with Gasteiger partial charge in [-0.1, -0.05) is 33.1 Å². The van der Waals surface area contributed by atoms with E-state index in [1.54, 1.807) is 0 Å². The van der Waals surface area contributed by atoms with Crippen LogP contribution in [-0.4, -0.2) is 71.3 Å². The summed E-state index contributed by atoms with van der Waals surface area (Å²) < 4.78 is 36.0. The van der Waals surface area contributed by atoms with Crippen LogP contribution < -0.4 is 0 Å². The molecule has 0 aliphatic heterocycles. The average molecular weight is 681 g/mol. The molecule has 0 amide bonds. The van der Waals surface area contributed by atoms with E-state index in [-0.39, 0.29) is 5.41 Å². The fourth-order valence-corrected chi connectivity index (χ4v) is 6.24. The first-order valence-electron chi connectivity index (χ1n) is 17.1. The van der Waals surface area contributed by atoms with E-state index in [2.05, 4.69) is 68.2 Å². The molecule has 0 rings (SSSR count). The predicted molar refractivity (Wildman–Crippen MR) is 192 cm³/mol. The molecule has 0 radical (unpaired) electrons. The Morgan fingerprint density at radius 1 is 0.458 bits per heavy atom. The van der Waals surface area contributed by atoms with Gasteiger partial charge in [-0.05, 0) is 108 Å². The summed E-state index contributed by atoms with van der Waals surface area (Å²) in [5.74, 6) is -1.38. The third kappa shape index (κ3) is 19.5. The van der Waals surface area contributed by atoms with E-state index in [9.17, 15) is 14.4 Å². The van der Waals surface area contributed by atoms with Crippen molar-refractivity contribution in [1.29, 1.82) is 0 Å². The quantitative estimate of drug-likeness (QED) is 0.0532. The molecule has 0 aromatic heterocycles. The Labute approximate surface area is 292 Å². The van der Waals surface area contributed by atoms with Gasteiger partial charge in [0, 0.05) is 37.5 Å². The van der Waals surface area contributed by atoms with Crippen LogP contribution in [0.25, 0.3) is 0 Å². The molecule has 0 aromatic carbocycles. The van der Waals surface area contributed by atoms with Gasteiger partial charge in [0.2, 0.25) is 0 Å². The van der Waals surface area contributed by atoms with Gasteiger partial charge in [-0.25, -0.2) is 14.4 Å². The fourth-order valence-electron chi connectivity index (χ4n) is 6.24. The second kappa shape index (κ2) is 18.5. The Morgan fingerprint density at radius 2 is 0.688 bits per heavy atom. The van der Waals surface area contributed by atoms with Crippen LogP contribution in [0.15, 0.2) is 38.0 Å². The average Bonchev–Trinajstić information content (AvgIpc) is 2.90. The monoisotopic (exact) mass is 680 g/mol. The van der Waals surface area contributed by atoms with Crippen molar-refractivity contribution in [2.45, 2.75) is 169 Å². The van der Waals surface area contributed by atoms with Crippen LogP contribution in [0.2, 0.25) is 0 Å². The van der Waals surface area contributed by atoms with Crippen LogP contribution in [-0.2, 0) is 42.8 Å². The molecule has 9 heteroatoms. The summed E-state index contributed by atoms with van der Waals surface area (Å²) in [6, 6.07) is 0. The van der Waals surface area contributed by atoms with Crippen molar-refractivity contribution in [3.05, 3.63) is 38.0 Å². The van der Waals surface area contributed by atoms with Crippen molar-refractivity contribution < 1.29 is 42.8 Å². The summed E-state index contributed by atoms with van der Waals surface area (Å²) in [4.78, 5) is 35.4. The molecule has 0 saturated carbocycles.